The second kappa shape index (κ2) is 6.47. The fourth-order valence-corrected chi connectivity index (χ4v) is 2.44. The molecule has 20 heavy (non-hydrogen) atoms. The Hall–Kier alpha value is -1.96. The zero-order chi connectivity index (χ0) is 14.5. The Morgan fingerprint density at radius 3 is 2.85 bits per heavy atom. The Morgan fingerprint density at radius 1 is 1.50 bits per heavy atom. The van der Waals surface area contributed by atoms with Crippen molar-refractivity contribution < 1.29 is 4.92 Å². The van der Waals surface area contributed by atoms with E-state index in [0.717, 1.165) is 19.6 Å². The number of nitrogen functional groups attached to an aromatic ring is 1. The smallest absolute Gasteiger partial charge is 0.352 e. The molecule has 0 bridgehead atoms. The van der Waals surface area contributed by atoms with E-state index < -0.39 is 4.92 Å². The molecule has 0 saturated carbocycles. The molecule has 0 radical (unpaired) electrons. The summed E-state index contributed by atoms with van der Waals surface area (Å²) in [5.74, 6) is 0.458. The average molecular weight is 280 g/mol. The van der Waals surface area contributed by atoms with Crippen LogP contribution < -0.4 is 11.1 Å². The largest absolute Gasteiger partial charge is 0.378 e. The number of nitrogens with zero attached hydrogens (tertiary/aromatic N) is 4. The third-order valence-electron chi connectivity index (χ3n) is 3.42. The Labute approximate surface area is 117 Å². The predicted molar refractivity (Wildman–Crippen MR) is 76.4 cm³/mol. The third-order valence-corrected chi connectivity index (χ3v) is 3.42. The highest BCUT2D eigenvalue weighted by molar-refractivity contribution is 5.67. The molecule has 110 valence electrons. The number of aromatic nitrogens is 2. The molecule has 0 aromatic carbocycles. The van der Waals surface area contributed by atoms with Crippen molar-refractivity contribution in [2.75, 3.05) is 37.2 Å². The van der Waals surface area contributed by atoms with Crippen molar-refractivity contribution in [2.24, 2.45) is 5.92 Å². The van der Waals surface area contributed by atoms with Gasteiger partial charge in [0.05, 0.1) is 4.92 Å². The second-order valence-electron chi connectivity index (χ2n) is 5.21. The number of nitrogens with two attached hydrogens (primary N) is 1. The molecule has 1 atom stereocenters. The molecular formula is C12H20N6O2. The molecular weight excluding hydrogens is 260 g/mol. The summed E-state index contributed by atoms with van der Waals surface area (Å²) in [7, 11) is 0. The Balaban J connectivity index is 1.93. The molecule has 1 saturated heterocycles. The molecule has 1 fully saturated rings. The summed E-state index contributed by atoms with van der Waals surface area (Å²) in [5, 5.41) is 14.0. The average Bonchev–Trinajstić information content (AvgIpc) is 2.88. The zero-order valence-corrected chi connectivity index (χ0v) is 11.6. The van der Waals surface area contributed by atoms with Crippen LogP contribution in [0, 0.1) is 16.0 Å². The highest BCUT2D eigenvalue weighted by atomic mass is 16.6. The monoisotopic (exact) mass is 280 g/mol. The van der Waals surface area contributed by atoms with Gasteiger partial charge in [-0.1, -0.05) is 6.92 Å². The van der Waals surface area contributed by atoms with E-state index in [1.807, 2.05) is 0 Å². The Kier molecular flexibility index (Phi) is 4.67. The van der Waals surface area contributed by atoms with Gasteiger partial charge in [0.25, 0.3) is 0 Å². The number of hydrogen-bond acceptors (Lipinski definition) is 7. The Morgan fingerprint density at radius 2 is 2.20 bits per heavy atom. The number of anilines is 2. The lowest BCUT2D eigenvalue weighted by Crippen LogP contribution is -2.29. The van der Waals surface area contributed by atoms with Gasteiger partial charge in [-0.3, -0.25) is 10.1 Å². The van der Waals surface area contributed by atoms with Crippen LogP contribution in [0.2, 0.25) is 0 Å². The minimum Gasteiger partial charge on any atom is -0.378 e. The van der Waals surface area contributed by atoms with Gasteiger partial charge in [-0.05, 0) is 31.8 Å². The standard InChI is InChI=1S/C12H20N6O2/c1-9(7-17-4-2-3-5-17)6-14-12-10(18(19)20)11(13)15-8-16-12/h8-9H,2-7H2,1H3,(H3,13,14,15,16). The van der Waals surface area contributed by atoms with Crippen molar-refractivity contribution in [1.82, 2.24) is 14.9 Å². The first kappa shape index (κ1) is 14.4. The minimum absolute atomic E-state index is 0.111. The van der Waals surface area contributed by atoms with Crippen molar-refractivity contribution in [3.63, 3.8) is 0 Å². The van der Waals surface area contributed by atoms with E-state index in [1.165, 1.54) is 19.2 Å². The lowest BCUT2D eigenvalue weighted by molar-refractivity contribution is -0.383. The predicted octanol–water partition coefficient (Wildman–Crippen LogP) is 1.11. The molecule has 8 nitrogen and oxygen atoms in total. The van der Waals surface area contributed by atoms with Crippen molar-refractivity contribution in [2.45, 2.75) is 19.8 Å². The number of nitro groups is 1. The molecule has 1 aliphatic heterocycles. The molecule has 1 aromatic heterocycles. The van der Waals surface area contributed by atoms with Crippen LogP contribution in [0.3, 0.4) is 0 Å². The summed E-state index contributed by atoms with van der Waals surface area (Å²) in [6, 6.07) is 0. The second-order valence-corrected chi connectivity index (χ2v) is 5.21. The third kappa shape index (κ3) is 3.53. The molecule has 1 unspecified atom stereocenters. The number of hydrogen-bond donors (Lipinski definition) is 2. The van der Waals surface area contributed by atoms with E-state index in [9.17, 15) is 10.1 Å². The first-order valence-corrected chi connectivity index (χ1v) is 6.79. The molecule has 0 spiro atoms. The summed E-state index contributed by atoms with van der Waals surface area (Å²) < 4.78 is 0. The van der Waals surface area contributed by atoms with Crippen LogP contribution in [0.15, 0.2) is 6.33 Å². The zero-order valence-electron chi connectivity index (χ0n) is 11.6. The normalized spacial score (nSPS) is 17.1. The molecule has 2 heterocycles. The van der Waals surface area contributed by atoms with E-state index in [-0.39, 0.29) is 17.3 Å². The molecule has 3 N–H and O–H groups in total. The first-order chi connectivity index (χ1) is 9.58. The lowest BCUT2D eigenvalue weighted by Gasteiger charge is -2.20. The van der Waals surface area contributed by atoms with Crippen LogP contribution in [0.5, 0.6) is 0 Å². The fourth-order valence-electron chi connectivity index (χ4n) is 2.44. The molecule has 0 amide bonds. The van der Waals surface area contributed by atoms with E-state index >= 15 is 0 Å². The van der Waals surface area contributed by atoms with Crippen molar-refractivity contribution in [3.8, 4) is 0 Å². The van der Waals surface area contributed by atoms with Gasteiger partial charge in [-0.15, -0.1) is 0 Å². The topological polar surface area (TPSA) is 110 Å². The van der Waals surface area contributed by atoms with E-state index in [4.69, 9.17) is 5.73 Å². The van der Waals surface area contributed by atoms with Gasteiger partial charge >= 0.3 is 5.69 Å². The van der Waals surface area contributed by atoms with Crippen LogP contribution in [0.4, 0.5) is 17.3 Å². The van der Waals surface area contributed by atoms with Gasteiger partial charge in [0.15, 0.2) is 0 Å². The highest BCUT2D eigenvalue weighted by Crippen LogP contribution is 2.26. The van der Waals surface area contributed by atoms with Crippen LogP contribution in [0.1, 0.15) is 19.8 Å². The van der Waals surface area contributed by atoms with Gasteiger partial charge in [-0.2, -0.15) is 0 Å². The first-order valence-electron chi connectivity index (χ1n) is 6.79. The highest BCUT2D eigenvalue weighted by Gasteiger charge is 2.21. The fraction of sp³-hybridized carbons (Fsp3) is 0.667. The summed E-state index contributed by atoms with van der Waals surface area (Å²) in [4.78, 5) is 20.4. The maximum Gasteiger partial charge on any atom is 0.352 e. The number of likely N-dealkylation sites (tertiary alicyclic amines) is 1. The summed E-state index contributed by atoms with van der Waals surface area (Å²) >= 11 is 0. The maximum absolute atomic E-state index is 11.0. The minimum atomic E-state index is -0.553. The lowest BCUT2D eigenvalue weighted by atomic mass is 10.1. The molecule has 2 rings (SSSR count). The van der Waals surface area contributed by atoms with Gasteiger partial charge in [-0.25, -0.2) is 9.97 Å². The molecule has 1 aromatic rings. The van der Waals surface area contributed by atoms with Crippen molar-refractivity contribution >= 4 is 17.3 Å². The summed E-state index contributed by atoms with van der Waals surface area (Å²) in [6.07, 6.45) is 3.75. The number of rotatable bonds is 6. The van der Waals surface area contributed by atoms with Crippen LogP contribution in [0.25, 0.3) is 0 Å². The van der Waals surface area contributed by atoms with E-state index in [2.05, 4.69) is 27.1 Å². The van der Waals surface area contributed by atoms with Crippen LogP contribution in [-0.2, 0) is 0 Å². The Bertz CT molecular complexity index is 475. The quantitative estimate of drug-likeness (QED) is 0.593. The van der Waals surface area contributed by atoms with Gasteiger partial charge in [0.2, 0.25) is 11.6 Å². The van der Waals surface area contributed by atoms with Gasteiger partial charge in [0.1, 0.15) is 6.33 Å². The summed E-state index contributed by atoms with van der Waals surface area (Å²) in [5.41, 5.74) is 5.27. The van der Waals surface area contributed by atoms with E-state index in [0.29, 0.717) is 12.5 Å². The van der Waals surface area contributed by atoms with Crippen molar-refractivity contribution in [1.29, 1.82) is 0 Å². The SMILES string of the molecule is CC(CNc1ncnc(N)c1[N+](=O)[O-])CN1CCCC1. The molecule has 1 aliphatic rings. The van der Waals surface area contributed by atoms with Crippen LogP contribution >= 0.6 is 0 Å². The van der Waals surface area contributed by atoms with Crippen molar-refractivity contribution in [3.05, 3.63) is 16.4 Å². The molecule has 8 heteroatoms. The maximum atomic E-state index is 11.0. The van der Waals surface area contributed by atoms with Gasteiger partial charge < -0.3 is 16.0 Å². The molecule has 0 aliphatic carbocycles. The van der Waals surface area contributed by atoms with Gasteiger partial charge in [0, 0.05) is 13.1 Å². The summed E-state index contributed by atoms with van der Waals surface area (Å²) in [6.45, 7) is 6.01. The van der Waals surface area contributed by atoms with Crippen LogP contribution in [-0.4, -0.2) is 46.0 Å². The number of nitrogens with one attached hydrogen (secondary N) is 1. The van der Waals surface area contributed by atoms with E-state index in [1.54, 1.807) is 0 Å².